The van der Waals surface area contributed by atoms with Crippen LogP contribution in [0.5, 0.6) is 0 Å². The first-order valence-corrected chi connectivity index (χ1v) is 8.16. The Morgan fingerprint density at radius 1 is 1.25 bits per heavy atom. The number of hydrogen-bond donors (Lipinski definition) is 1. The Kier molecular flexibility index (Phi) is 4.02. The van der Waals surface area contributed by atoms with Gasteiger partial charge in [-0.3, -0.25) is 0 Å². The summed E-state index contributed by atoms with van der Waals surface area (Å²) in [6, 6.07) is 8.80. The van der Waals surface area contributed by atoms with Gasteiger partial charge in [-0.15, -0.1) is 0 Å². The molecule has 0 bridgehead atoms. The van der Waals surface area contributed by atoms with Crippen molar-refractivity contribution in [2.24, 2.45) is 11.3 Å². The maximum atomic E-state index is 9.98. The first kappa shape index (κ1) is 13.9. The zero-order chi connectivity index (χ0) is 14.0. The molecule has 1 heterocycles. The van der Waals surface area contributed by atoms with Crippen LogP contribution in [0.3, 0.4) is 0 Å². The number of fused-ring (bicyclic) bond motifs is 1. The molecule has 1 aliphatic carbocycles. The second-order valence-corrected chi connectivity index (χ2v) is 6.99. The van der Waals surface area contributed by atoms with Crippen molar-refractivity contribution in [1.29, 1.82) is 0 Å². The van der Waals surface area contributed by atoms with E-state index in [4.69, 9.17) is 0 Å². The van der Waals surface area contributed by atoms with Crippen molar-refractivity contribution in [3.05, 3.63) is 29.8 Å². The van der Waals surface area contributed by atoms with Gasteiger partial charge in [0.25, 0.3) is 0 Å². The third-order valence-corrected chi connectivity index (χ3v) is 5.40. The van der Waals surface area contributed by atoms with Crippen LogP contribution < -0.4 is 4.90 Å². The molecule has 0 amide bonds. The van der Waals surface area contributed by atoms with Crippen LogP contribution in [0.1, 0.15) is 44.6 Å². The molecule has 0 atom stereocenters. The number of hydrogen-bond acceptors (Lipinski definition) is 2. The van der Waals surface area contributed by atoms with E-state index in [0.717, 1.165) is 19.0 Å². The van der Waals surface area contributed by atoms with E-state index in [1.54, 1.807) is 0 Å². The summed E-state index contributed by atoms with van der Waals surface area (Å²) in [5.74, 6) is 0.836. The van der Waals surface area contributed by atoms with Gasteiger partial charge in [-0.25, -0.2) is 0 Å². The second-order valence-electron chi connectivity index (χ2n) is 6.99. The molecule has 1 N–H and O–H groups in total. The summed E-state index contributed by atoms with van der Waals surface area (Å²) in [5.41, 5.74) is 3.03. The number of benzene rings is 1. The molecule has 0 saturated heterocycles. The number of para-hydroxylation sites is 1. The number of aliphatic hydroxyl groups excluding tert-OH is 1. The molecule has 1 saturated carbocycles. The SMILES string of the molecule is CC1CCC(CO)(CN2CCCc3ccccc32)CC1. The van der Waals surface area contributed by atoms with Crippen molar-refractivity contribution in [3.8, 4) is 0 Å². The van der Waals surface area contributed by atoms with Crippen LogP contribution in [0.2, 0.25) is 0 Å². The van der Waals surface area contributed by atoms with Gasteiger partial charge in [0.15, 0.2) is 0 Å². The molecule has 0 radical (unpaired) electrons. The molecule has 2 aliphatic rings. The maximum Gasteiger partial charge on any atom is 0.0504 e. The summed E-state index contributed by atoms with van der Waals surface area (Å²) in [5, 5.41) is 9.98. The molecule has 20 heavy (non-hydrogen) atoms. The summed E-state index contributed by atoms with van der Waals surface area (Å²) in [4.78, 5) is 2.53. The molecule has 1 fully saturated rings. The molecule has 2 heteroatoms. The van der Waals surface area contributed by atoms with Gasteiger partial charge in [-0.1, -0.05) is 38.0 Å². The van der Waals surface area contributed by atoms with E-state index >= 15 is 0 Å². The fourth-order valence-corrected chi connectivity index (χ4v) is 3.92. The van der Waals surface area contributed by atoms with E-state index in [2.05, 4.69) is 36.1 Å². The van der Waals surface area contributed by atoms with Gasteiger partial charge in [-0.2, -0.15) is 0 Å². The molecule has 0 spiro atoms. The molecule has 110 valence electrons. The van der Waals surface area contributed by atoms with Crippen LogP contribution in [-0.4, -0.2) is 24.8 Å². The number of rotatable bonds is 3. The molecule has 1 aliphatic heterocycles. The van der Waals surface area contributed by atoms with Crippen LogP contribution in [-0.2, 0) is 6.42 Å². The Morgan fingerprint density at radius 2 is 2.00 bits per heavy atom. The first-order valence-electron chi connectivity index (χ1n) is 8.16. The lowest BCUT2D eigenvalue weighted by molar-refractivity contribution is 0.0727. The molecule has 2 nitrogen and oxygen atoms in total. The minimum atomic E-state index is 0.136. The maximum absolute atomic E-state index is 9.98. The number of anilines is 1. The van der Waals surface area contributed by atoms with Crippen LogP contribution in [0.25, 0.3) is 0 Å². The number of aliphatic hydroxyl groups is 1. The van der Waals surface area contributed by atoms with Crippen LogP contribution >= 0.6 is 0 Å². The Balaban J connectivity index is 1.77. The fraction of sp³-hybridized carbons (Fsp3) is 0.667. The highest BCUT2D eigenvalue weighted by Gasteiger charge is 2.36. The van der Waals surface area contributed by atoms with E-state index in [-0.39, 0.29) is 5.41 Å². The largest absolute Gasteiger partial charge is 0.396 e. The fourth-order valence-electron chi connectivity index (χ4n) is 3.92. The monoisotopic (exact) mass is 273 g/mol. The van der Waals surface area contributed by atoms with Gasteiger partial charge in [0.1, 0.15) is 0 Å². The molecular formula is C18H27NO. The second kappa shape index (κ2) is 5.77. The molecule has 1 aromatic rings. The van der Waals surface area contributed by atoms with E-state index in [0.29, 0.717) is 6.61 Å². The normalized spacial score (nSPS) is 30.1. The Bertz CT molecular complexity index is 448. The Labute approximate surface area is 122 Å². The van der Waals surface area contributed by atoms with Crippen molar-refractivity contribution in [1.82, 2.24) is 0 Å². The van der Waals surface area contributed by atoms with Crippen molar-refractivity contribution in [3.63, 3.8) is 0 Å². The van der Waals surface area contributed by atoms with Gasteiger partial charge in [-0.05, 0) is 43.2 Å². The zero-order valence-corrected chi connectivity index (χ0v) is 12.6. The smallest absolute Gasteiger partial charge is 0.0504 e. The predicted octanol–water partition coefficient (Wildman–Crippen LogP) is 3.63. The third-order valence-electron chi connectivity index (χ3n) is 5.40. The van der Waals surface area contributed by atoms with Crippen molar-refractivity contribution in [2.45, 2.75) is 45.4 Å². The summed E-state index contributed by atoms with van der Waals surface area (Å²) < 4.78 is 0. The molecule has 3 rings (SSSR count). The van der Waals surface area contributed by atoms with Gasteiger partial charge in [0.2, 0.25) is 0 Å². The standard InChI is InChI=1S/C18H27NO/c1-15-8-10-18(14-20,11-9-15)13-19-12-4-6-16-5-2-3-7-17(16)19/h2-3,5,7,15,20H,4,6,8-14H2,1H3. The van der Waals surface area contributed by atoms with Gasteiger partial charge in [0, 0.05) is 24.2 Å². The molecule has 1 aromatic carbocycles. The van der Waals surface area contributed by atoms with Crippen molar-refractivity contribution >= 4 is 5.69 Å². The summed E-state index contributed by atoms with van der Waals surface area (Å²) in [6.07, 6.45) is 7.36. The Hall–Kier alpha value is -1.02. The van der Waals surface area contributed by atoms with Gasteiger partial charge in [0.05, 0.1) is 6.61 Å². The quantitative estimate of drug-likeness (QED) is 0.909. The number of nitrogens with zero attached hydrogens (tertiary/aromatic N) is 1. The van der Waals surface area contributed by atoms with Crippen LogP contribution in [0.4, 0.5) is 5.69 Å². The Morgan fingerprint density at radius 3 is 2.75 bits per heavy atom. The van der Waals surface area contributed by atoms with Crippen molar-refractivity contribution < 1.29 is 5.11 Å². The molecule has 0 aromatic heterocycles. The highest BCUT2D eigenvalue weighted by atomic mass is 16.3. The zero-order valence-electron chi connectivity index (χ0n) is 12.6. The topological polar surface area (TPSA) is 23.5 Å². The summed E-state index contributed by atoms with van der Waals surface area (Å²) >= 11 is 0. The predicted molar refractivity (Wildman–Crippen MR) is 84.1 cm³/mol. The first-order chi connectivity index (χ1) is 9.72. The average molecular weight is 273 g/mol. The van der Waals surface area contributed by atoms with E-state index in [1.165, 1.54) is 49.8 Å². The minimum absolute atomic E-state index is 0.136. The van der Waals surface area contributed by atoms with E-state index in [1.807, 2.05) is 0 Å². The van der Waals surface area contributed by atoms with Gasteiger partial charge >= 0.3 is 0 Å². The summed E-state index contributed by atoms with van der Waals surface area (Å²) in [7, 11) is 0. The third kappa shape index (κ3) is 2.71. The lowest BCUT2D eigenvalue weighted by atomic mass is 9.71. The minimum Gasteiger partial charge on any atom is -0.396 e. The van der Waals surface area contributed by atoms with E-state index < -0.39 is 0 Å². The summed E-state index contributed by atoms with van der Waals surface area (Å²) in [6.45, 7) is 4.87. The van der Waals surface area contributed by atoms with E-state index in [9.17, 15) is 5.11 Å². The molecule has 0 unspecified atom stereocenters. The van der Waals surface area contributed by atoms with Crippen molar-refractivity contribution in [2.75, 3.05) is 24.6 Å². The lowest BCUT2D eigenvalue weighted by Gasteiger charge is -2.44. The highest BCUT2D eigenvalue weighted by molar-refractivity contribution is 5.55. The number of aryl methyl sites for hydroxylation is 1. The van der Waals surface area contributed by atoms with Gasteiger partial charge < -0.3 is 10.0 Å². The van der Waals surface area contributed by atoms with Crippen LogP contribution in [0, 0.1) is 11.3 Å². The molecular weight excluding hydrogens is 246 g/mol. The highest BCUT2D eigenvalue weighted by Crippen LogP contribution is 2.41. The lowest BCUT2D eigenvalue weighted by Crippen LogP contribution is -2.44. The average Bonchev–Trinajstić information content (AvgIpc) is 2.50. The van der Waals surface area contributed by atoms with Crippen LogP contribution in [0.15, 0.2) is 24.3 Å².